The third-order valence-electron chi connectivity index (χ3n) is 2.77. The molecule has 4 heteroatoms. The van der Waals surface area contributed by atoms with Crippen LogP contribution < -0.4 is 5.56 Å². The van der Waals surface area contributed by atoms with Crippen molar-refractivity contribution in [1.29, 1.82) is 0 Å². The number of nitrogens with zero attached hydrogens (tertiary/aromatic N) is 2. The van der Waals surface area contributed by atoms with E-state index >= 15 is 0 Å². The number of rotatable bonds is 1. The van der Waals surface area contributed by atoms with Gasteiger partial charge in [-0.2, -0.15) is 0 Å². The van der Waals surface area contributed by atoms with Crippen molar-refractivity contribution in [2.45, 2.75) is 0 Å². The molecule has 0 bridgehead atoms. The van der Waals surface area contributed by atoms with Crippen molar-refractivity contribution >= 4 is 21.6 Å². The number of aryl methyl sites for hydroxylation is 1. The Morgan fingerprint density at radius 2 is 2.18 bits per heavy atom. The fourth-order valence-electron chi connectivity index (χ4n) is 1.84. The van der Waals surface area contributed by atoms with Crippen LogP contribution in [0.15, 0.2) is 46.8 Å². The Labute approximate surface area is 102 Å². The number of thiazole rings is 1. The van der Waals surface area contributed by atoms with Gasteiger partial charge in [0.25, 0.3) is 5.56 Å². The van der Waals surface area contributed by atoms with Gasteiger partial charge in [-0.25, -0.2) is 4.98 Å². The van der Waals surface area contributed by atoms with Gasteiger partial charge in [0.2, 0.25) is 0 Å². The van der Waals surface area contributed by atoms with E-state index in [0.29, 0.717) is 0 Å². The summed E-state index contributed by atoms with van der Waals surface area (Å²) in [5.74, 6) is 0. The lowest BCUT2D eigenvalue weighted by Gasteiger charge is -2.03. The van der Waals surface area contributed by atoms with Crippen LogP contribution in [0.2, 0.25) is 0 Å². The van der Waals surface area contributed by atoms with Gasteiger partial charge in [0, 0.05) is 18.8 Å². The minimum absolute atomic E-state index is 0.0244. The summed E-state index contributed by atoms with van der Waals surface area (Å²) in [6, 6.07) is 9.65. The lowest BCUT2D eigenvalue weighted by Crippen LogP contribution is -2.17. The van der Waals surface area contributed by atoms with Gasteiger partial charge >= 0.3 is 0 Å². The maximum Gasteiger partial charge on any atom is 0.258 e. The SMILES string of the molecule is Cn1cccc(-c2ccc3ncsc3c2)c1=O. The predicted octanol–water partition coefficient (Wildman–Crippen LogP) is 2.66. The molecule has 0 fully saturated rings. The molecule has 3 nitrogen and oxygen atoms in total. The Bertz CT molecular complexity index is 742. The minimum atomic E-state index is 0.0244. The molecule has 17 heavy (non-hydrogen) atoms. The summed E-state index contributed by atoms with van der Waals surface area (Å²) in [4.78, 5) is 16.2. The van der Waals surface area contributed by atoms with Gasteiger partial charge < -0.3 is 4.57 Å². The van der Waals surface area contributed by atoms with E-state index in [1.807, 2.05) is 35.8 Å². The zero-order valence-corrected chi connectivity index (χ0v) is 10.1. The van der Waals surface area contributed by atoms with Crippen LogP contribution in [-0.4, -0.2) is 9.55 Å². The molecular formula is C13H10N2OS. The van der Waals surface area contributed by atoms with Gasteiger partial charge in [0.05, 0.1) is 15.7 Å². The Balaban J connectivity index is 2.26. The minimum Gasteiger partial charge on any atom is -0.318 e. The largest absolute Gasteiger partial charge is 0.318 e. The molecule has 0 radical (unpaired) electrons. The summed E-state index contributed by atoms with van der Waals surface area (Å²) < 4.78 is 2.69. The van der Waals surface area contributed by atoms with Crippen LogP contribution >= 0.6 is 11.3 Å². The second-order valence-electron chi connectivity index (χ2n) is 3.87. The van der Waals surface area contributed by atoms with E-state index in [0.717, 1.165) is 21.3 Å². The van der Waals surface area contributed by atoms with E-state index in [1.54, 1.807) is 29.1 Å². The Hall–Kier alpha value is -1.94. The van der Waals surface area contributed by atoms with E-state index in [4.69, 9.17) is 0 Å². The lowest BCUT2D eigenvalue weighted by atomic mass is 10.1. The maximum atomic E-state index is 12.0. The fourth-order valence-corrected chi connectivity index (χ4v) is 2.56. The van der Waals surface area contributed by atoms with Crippen LogP contribution in [0.25, 0.3) is 21.3 Å². The number of hydrogen-bond acceptors (Lipinski definition) is 3. The van der Waals surface area contributed by atoms with Crippen LogP contribution in [0.1, 0.15) is 0 Å². The van der Waals surface area contributed by atoms with Gasteiger partial charge in [0.1, 0.15) is 0 Å². The molecule has 1 aromatic carbocycles. The van der Waals surface area contributed by atoms with Crippen molar-refractivity contribution in [2.75, 3.05) is 0 Å². The molecule has 0 saturated heterocycles. The zero-order chi connectivity index (χ0) is 11.8. The lowest BCUT2D eigenvalue weighted by molar-refractivity contribution is 0.863. The first kappa shape index (κ1) is 10.2. The number of aromatic nitrogens is 2. The number of hydrogen-bond donors (Lipinski definition) is 0. The average Bonchev–Trinajstić information content (AvgIpc) is 2.79. The molecule has 0 unspecified atom stereocenters. The van der Waals surface area contributed by atoms with Crippen LogP contribution in [0.4, 0.5) is 0 Å². The van der Waals surface area contributed by atoms with E-state index in [-0.39, 0.29) is 5.56 Å². The van der Waals surface area contributed by atoms with Crippen molar-refractivity contribution in [2.24, 2.45) is 7.05 Å². The second kappa shape index (κ2) is 3.82. The van der Waals surface area contributed by atoms with E-state index in [1.165, 1.54) is 0 Å². The van der Waals surface area contributed by atoms with E-state index < -0.39 is 0 Å². The van der Waals surface area contributed by atoms with Gasteiger partial charge in [0.15, 0.2) is 0 Å². The molecule has 0 aliphatic heterocycles. The van der Waals surface area contributed by atoms with Crippen LogP contribution in [-0.2, 0) is 7.05 Å². The van der Waals surface area contributed by atoms with Gasteiger partial charge in [-0.15, -0.1) is 11.3 Å². The van der Waals surface area contributed by atoms with Crippen molar-refractivity contribution in [3.63, 3.8) is 0 Å². The molecule has 0 spiro atoms. The normalized spacial score (nSPS) is 10.9. The fraction of sp³-hybridized carbons (Fsp3) is 0.0769. The molecule has 0 aliphatic carbocycles. The summed E-state index contributed by atoms with van der Waals surface area (Å²) in [7, 11) is 1.76. The van der Waals surface area contributed by atoms with Crippen LogP contribution in [0, 0.1) is 0 Å². The number of pyridine rings is 1. The predicted molar refractivity (Wildman–Crippen MR) is 70.3 cm³/mol. The molecule has 84 valence electrons. The van der Waals surface area contributed by atoms with Crippen molar-refractivity contribution in [3.05, 3.63) is 52.4 Å². The van der Waals surface area contributed by atoms with Gasteiger partial charge in [-0.05, 0) is 29.8 Å². The molecule has 2 heterocycles. The highest BCUT2D eigenvalue weighted by molar-refractivity contribution is 7.16. The van der Waals surface area contributed by atoms with Crippen molar-refractivity contribution < 1.29 is 0 Å². The highest BCUT2D eigenvalue weighted by Crippen LogP contribution is 2.24. The van der Waals surface area contributed by atoms with E-state index in [9.17, 15) is 4.79 Å². The molecule has 3 aromatic rings. The molecule has 0 atom stereocenters. The second-order valence-corrected chi connectivity index (χ2v) is 4.76. The Morgan fingerprint density at radius 1 is 1.29 bits per heavy atom. The number of fused-ring (bicyclic) bond motifs is 1. The smallest absolute Gasteiger partial charge is 0.258 e. The third kappa shape index (κ3) is 1.66. The summed E-state index contributed by atoms with van der Waals surface area (Å²) in [6.07, 6.45) is 1.76. The topological polar surface area (TPSA) is 34.9 Å². The molecule has 0 N–H and O–H groups in total. The van der Waals surface area contributed by atoms with Crippen LogP contribution in [0.5, 0.6) is 0 Å². The van der Waals surface area contributed by atoms with Crippen molar-refractivity contribution in [1.82, 2.24) is 9.55 Å². The Morgan fingerprint density at radius 3 is 3.06 bits per heavy atom. The summed E-state index contributed by atoms with van der Waals surface area (Å²) in [5, 5.41) is 0. The first-order valence-corrected chi connectivity index (χ1v) is 6.13. The monoisotopic (exact) mass is 242 g/mol. The van der Waals surface area contributed by atoms with Gasteiger partial charge in [-0.1, -0.05) is 6.07 Å². The number of benzene rings is 1. The molecule has 0 aliphatic rings. The molecule has 0 saturated carbocycles. The first-order chi connectivity index (χ1) is 8.25. The zero-order valence-electron chi connectivity index (χ0n) is 9.25. The summed E-state index contributed by atoms with van der Waals surface area (Å²) in [5.41, 5.74) is 4.49. The van der Waals surface area contributed by atoms with Crippen LogP contribution in [0.3, 0.4) is 0 Å². The molecule has 3 rings (SSSR count). The summed E-state index contributed by atoms with van der Waals surface area (Å²) in [6.45, 7) is 0. The quantitative estimate of drug-likeness (QED) is 0.657. The van der Waals surface area contributed by atoms with Gasteiger partial charge in [-0.3, -0.25) is 4.79 Å². The highest BCUT2D eigenvalue weighted by Gasteiger charge is 2.05. The highest BCUT2D eigenvalue weighted by atomic mass is 32.1. The third-order valence-corrected chi connectivity index (χ3v) is 3.56. The maximum absolute atomic E-state index is 12.0. The molecule has 2 aromatic heterocycles. The summed E-state index contributed by atoms with van der Waals surface area (Å²) >= 11 is 1.59. The molecule has 0 amide bonds. The van der Waals surface area contributed by atoms with Crippen molar-refractivity contribution in [3.8, 4) is 11.1 Å². The Kier molecular flexibility index (Phi) is 2.30. The molecular weight excluding hydrogens is 232 g/mol. The van der Waals surface area contributed by atoms with E-state index in [2.05, 4.69) is 4.98 Å². The average molecular weight is 242 g/mol. The standard InChI is InChI=1S/C13H10N2OS/c1-15-6-2-3-10(13(15)16)9-4-5-11-12(7-9)17-8-14-11/h2-8H,1H3. The first-order valence-electron chi connectivity index (χ1n) is 5.25.